The van der Waals surface area contributed by atoms with Crippen molar-refractivity contribution in [3.63, 3.8) is 0 Å². The van der Waals surface area contributed by atoms with Gasteiger partial charge in [0, 0.05) is 13.2 Å². The van der Waals surface area contributed by atoms with E-state index in [1.807, 2.05) is 19.1 Å². The van der Waals surface area contributed by atoms with Crippen molar-refractivity contribution >= 4 is 0 Å². The number of nitrogens with zero attached hydrogens (tertiary/aromatic N) is 3. The Morgan fingerprint density at radius 1 is 1.50 bits per heavy atom. The molecule has 0 aromatic carbocycles. The van der Waals surface area contributed by atoms with E-state index in [1.165, 1.54) is 4.57 Å². The quantitative estimate of drug-likeness (QED) is 0.667. The fraction of sp³-hybridized carbons (Fsp3) is 0.222. The Morgan fingerprint density at radius 2 is 2.29 bits per heavy atom. The summed E-state index contributed by atoms with van der Waals surface area (Å²) in [5.74, 6) is -0.0295. The van der Waals surface area contributed by atoms with E-state index < -0.39 is 5.76 Å². The first-order valence-electron chi connectivity index (χ1n) is 4.15. The summed E-state index contributed by atoms with van der Waals surface area (Å²) in [5, 5.41) is 3.66. The van der Waals surface area contributed by atoms with Crippen LogP contribution >= 0.6 is 0 Å². The maximum atomic E-state index is 11.0. The smallest absolute Gasteiger partial charge is 0.295 e. The predicted molar refractivity (Wildman–Crippen MR) is 49.7 cm³/mol. The molecule has 14 heavy (non-hydrogen) atoms. The predicted octanol–water partition coefficient (Wildman–Crippen LogP) is 0.744. The average molecular weight is 191 g/mol. The van der Waals surface area contributed by atoms with Crippen LogP contribution in [0.2, 0.25) is 0 Å². The highest BCUT2D eigenvalue weighted by molar-refractivity contribution is 5.53. The Labute approximate surface area is 80.0 Å². The average Bonchev–Trinajstić information content (AvgIpc) is 2.49. The number of aromatic nitrogens is 3. The first-order valence-corrected chi connectivity index (χ1v) is 4.15. The van der Waals surface area contributed by atoms with E-state index >= 15 is 0 Å². The Balaban J connectivity index is 2.66. The summed E-state index contributed by atoms with van der Waals surface area (Å²) < 4.78 is 5.85. The van der Waals surface area contributed by atoms with Gasteiger partial charge < -0.3 is 0 Å². The van der Waals surface area contributed by atoms with Gasteiger partial charge in [0.25, 0.3) is 0 Å². The molecule has 5 heteroatoms. The first-order chi connectivity index (χ1) is 6.70. The number of hydrogen-bond acceptors (Lipinski definition) is 4. The van der Waals surface area contributed by atoms with Crippen LogP contribution in [-0.2, 0) is 7.05 Å². The van der Waals surface area contributed by atoms with Gasteiger partial charge in [0.1, 0.15) is 5.69 Å². The fourth-order valence-corrected chi connectivity index (χ4v) is 1.21. The van der Waals surface area contributed by atoms with Gasteiger partial charge in [-0.25, -0.2) is 4.79 Å². The minimum absolute atomic E-state index is 0.452. The van der Waals surface area contributed by atoms with Gasteiger partial charge in [-0.2, -0.15) is 0 Å². The molecule has 5 nitrogen and oxygen atoms in total. The molecule has 2 aromatic rings. The van der Waals surface area contributed by atoms with Crippen LogP contribution in [0.25, 0.3) is 11.5 Å². The van der Waals surface area contributed by atoms with Gasteiger partial charge in [-0.1, -0.05) is 11.2 Å². The monoisotopic (exact) mass is 191 g/mol. The summed E-state index contributed by atoms with van der Waals surface area (Å²) in [4.78, 5) is 15.2. The second kappa shape index (κ2) is 3.10. The largest absolute Gasteiger partial charge is 0.441 e. The van der Waals surface area contributed by atoms with Gasteiger partial charge in [0.05, 0.1) is 0 Å². The Hall–Kier alpha value is -1.91. The molecule has 0 unspecified atom stereocenters. The van der Waals surface area contributed by atoms with Crippen LogP contribution in [0.5, 0.6) is 0 Å². The van der Waals surface area contributed by atoms with E-state index in [0.717, 1.165) is 5.56 Å². The molecule has 0 atom stereocenters. The number of aryl methyl sites for hydroxylation is 1. The zero-order chi connectivity index (χ0) is 10.1. The minimum atomic E-state index is -0.481. The Bertz CT molecular complexity index is 513. The summed E-state index contributed by atoms with van der Waals surface area (Å²) in [7, 11) is 1.60. The summed E-state index contributed by atoms with van der Waals surface area (Å²) in [5.41, 5.74) is 1.62. The summed E-state index contributed by atoms with van der Waals surface area (Å²) >= 11 is 0. The molecule has 0 aliphatic heterocycles. The van der Waals surface area contributed by atoms with Gasteiger partial charge in [0.2, 0.25) is 5.82 Å². The maximum Gasteiger partial charge on any atom is 0.441 e. The highest BCUT2D eigenvalue weighted by Crippen LogP contribution is 2.15. The van der Waals surface area contributed by atoms with Crippen molar-refractivity contribution in [2.75, 3.05) is 0 Å². The Kier molecular flexibility index (Phi) is 1.92. The van der Waals surface area contributed by atoms with E-state index in [0.29, 0.717) is 11.5 Å². The third kappa shape index (κ3) is 1.22. The van der Waals surface area contributed by atoms with E-state index in [4.69, 9.17) is 0 Å². The first kappa shape index (κ1) is 8.68. The molecule has 0 spiro atoms. The molecule has 0 radical (unpaired) electrons. The molecule has 0 aliphatic rings. The zero-order valence-electron chi connectivity index (χ0n) is 7.89. The summed E-state index contributed by atoms with van der Waals surface area (Å²) in [6.45, 7) is 1.90. The van der Waals surface area contributed by atoms with E-state index in [9.17, 15) is 4.79 Å². The molecule has 2 rings (SSSR count). The molecule has 72 valence electrons. The molecule has 0 saturated heterocycles. The van der Waals surface area contributed by atoms with Crippen molar-refractivity contribution in [3.05, 3.63) is 34.4 Å². The second-order valence-electron chi connectivity index (χ2n) is 3.00. The van der Waals surface area contributed by atoms with Crippen molar-refractivity contribution in [1.82, 2.24) is 14.7 Å². The van der Waals surface area contributed by atoms with E-state index in [1.54, 1.807) is 13.2 Å². The molecule has 0 saturated carbocycles. The lowest BCUT2D eigenvalue weighted by Crippen LogP contribution is -2.10. The van der Waals surface area contributed by atoms with Gasteiger partial charge >= 0.3 is 5.76 Å². The van der Waals surface area contributed by atoms with Crippen LogP contribution in [-0.4, -0.2) is 14.7 Å². The third-order valence-electron chi connectivity index (χ3n) is 2.02. The lowest BCUT2D eigenvalue weighted by Gasteiger charge is -2.00. The van der Waals surface area contributed by atoms with Crippen LogP contribution in [0.1, 0.15) is 5.56 Å². The molecule has 2 aromatic heterocycles. The number of pyridine rings is 1. The summed E-state index contributed by atoms with van der Waals surface area (Å²) in [6.07, 6.45) is 1.65. The van der Waals surface area contributed by atoms with Crippen molar-refractivity contribution in [3.8, 4) is 11.5 Å². The van der Waals surface area contributed by atoms with E-state index in [-0.39, 0.29) is 0 Å². The summed E-state index contributed by atoms with van der Waals surface area (Å²) in [6, 6.07) is 3.73. The van der Waals surface area contributed by atoms with Crippen LogP contribution in [0.4, 0.5) is 0 Å². The maximum absolute atomic E-state index is 11.0. The number of rotatable bonds is 1. The molecule has 0 bridgehead atoms. The molecule has 2 heterocycles. The highest BCUT2D eigenvalue weighted by Gasteiger charge is 2.11. The Morgan fingerprint density at radius 3 is 2.86 bits per heavy atom. The zero-order valence-corrected chi connectivity index (χ0v) is 7.89. The van der Waals surface area contributed by atoms with Gasteiger partial charge in [-0.05, 0) is 18.6 Å². The topological polar surface area (TPSA) is 60.9 Å². The van der Waals surface area contributed by atoms with Gasteiger partial charge in [0.15, 0.2) is 0 Å². The van der Waals surface area contributed by atoms with Crippen LogP contribution in [0, 0.1) is 6.92 Å². The van der Waals surface area contributed by atoms with Crippen molar-refractivity contribution < 1.29 is 4.52 Å². The molecule has 0 amide bonds. The molecular weight excluding hydrogens is 182 g/mol. The van der Waals surface area contributed by atoms with E-state index in [2.05, 4.69) is 14.7 Å². The van der Waals surface area contributed by atoms with Gasteiger partial charge in [-0.15, -0.1) is 0 Å². The SMILES string of the molecule is Cc1cccnc1-c1noc(=O)n1C. The standard InChI is InChI=1S/C9H9N3O2/c1-6-4-3-5-10-7(6)8-11-14-9(13)12(8)2/h3-5H,1-2H3. The second-order valence-corrected chi connectivity index (χ2v) is 3.00. The highest BCUT2D eigenvalue weighted by atomic mass is 16.5. The minimum Gasteiger partial charge on any atom is -0.295 e. The molecular formula is C9H9N3O2. The molecule has 0 aliphatic carbocycles. The molecule has 0 fully saturated rings. The normalized spacial score (nSPS) is 10.4. The van der Waals surface area contributed by atoms with Crippen LogP contribution in [0.3, 0.4) is 0 Å². The van der Waals surface area contributed by atoms with Crippen LogP contribution in [0.15, 0.2) is 27.6 Å². The van der Waals surface area contributed by atoms with Crippen molar-refractivity contribution in [2.24, 2.45) is 7.05 Å². The van der Waals surface area contributed by atoms with Crippen molar-refractivity contribution in [1.29, 1.82) is 0 Å². The number of hydrogen-bond donors (Lipinski definition) is 0. The van der Waals surface area contributed by atoms with Crippen LogP contribution < -0.4 is 5.76 Å². The molecule has 0 N–H and O–H groups in total. The van der Waals surface area contributed by atoms with Crippen molar-refractivity contribution in [2.45, 2.75) is 6.92 Å². The fourth-order valence-electron chi connectivity index (χ4n) is 1.21. The third-order valence-corrected chi connectivity index (χ3v) is 2.02. The lowest BCUT2D eigenvalue weighted by molar-refractivity contribution is 0.380. The lowest BCUT2D eigenvalue weighted by atomic mass is 10.2. The van der Waals surface area contributed by atoms with Gasteiger partial charge in [-0.3, -0.25) is 14.1 Å².